The monoisotopic (exact) mass is 258 g/mol. The van der Waals surface area contributed by atoms with Crippen LogP contribution in [0.15, 0.2) is 24.3 Å². The van der Waals surface area contributed by atoms with Crippen molar-refractivity contribution in [1.82, 2.24) is 0 Å². The van der Waals surface area contributed by atoms with Crippen LogP contribution in [0.5, 0.6) is 5.75 Å². The standard InChI is InChI=1S/C16H18O3/c1-4-19-15(17)9-14-11(3)8-13-10(2)6-5-7-12(13)16(14)18/h5-8,18H,4,9H2,1-3H3. The molecule has 2 rings (SSSR count). The lowest BCUT2D eigenvalue weighted by Gasteiger charge is -2.12. The van der Waals surface area contributed by atoms with Crippen LogP contribution in [0.2, 0.25) is 0 Å². The van der Waals surface area contributed by atoms with E-state index in [2.05, 4.69) is 0 Å². The van der Waals surface area contributed by atoms with Crippen molar-refractivity contribution in [2.45, 2.75) is 27.2 Å². The zero-order valence-electron chi connectivity index (χ0n) is 11.5. The number of aryl methyl sites for hydroxylation is 2. The van der Waals surface area contributed by atoms with Crippen LogP contribution < -0.4 is 0 Å². The molecule has 0 heterocycles. The SMILES string of the molecule is CCOC(=O)Cc1c(C)cc2c(C)cccc2c1O. The smallest absolute Gasteiger partial charge is 0.310 e. The summed E-state index contributed by atoms with van der Waals surface area (Å²) in [4.78, 5) is 11.6. The molecular weight excluding hydrogens is 240 g/mol. The van der Waals surface area contributed by atoms with E-state index in [4.69, 9.17) is 4.74 Å². The van der Waals surface area contributed by atoms with Gasteiger partial charge < -0.3 is 9.84 Å². The van der Waals surface area contributed by atoms with Crippen LogP contribution in [0.1, 0.15) is 23.6 Å². The topological polar surface area (TPSA) is 46.5 Å². The molecule has 100 valence electrons. The highest BCUT2D eigenvalue weighted by atomic mass is 16.5. The predicted molar refractivity (Wildman–Crippen MR) is 75.4 cm³/mol. The van der Waals surface area contributed by atoms with Crippen molar-refractivity contribution in [3.63, 3.8) is 0 Å². The van der Waals surface area contributed by atoms with Crippen molar-refractivity contribution in [2.24, 2.45) is 0 Å². The minimum absolute atomic E-state index is 0.107. The fourth-order valence-electron chi connectivity index (χ4n) is 2.31. The lowest BCUT2D eigenvalue weighted by atomic mass is 9.96. The Labute approximate surface area is 112 Å². The maximum absolute atomic E-state index is 11.6. The maximum Gasteiger partial charge on any atom is 0.310 e. The van der Waals surface area contributed by atoms with Crippen LogP contribution in [-0.2, 0) is 16.0 Å². The molecule has 0 amide bonds. The van der Waals surface area contributed by atoms with Gasteiger partial charge in [-0.1, -0.05) is 24.3 Å². The van der Waals surface area contributed by atoms with Crippen molar-refractivity contribution in [1.29, 1.82) is 0 Å². The van der Waals surface area contributed by atoms with Gasteiger partial charge in [-0.05, 0) is 37.3 Å². The van der Waals surface area contributed by atoms with Crippen molar-refractivity contribution in [3.8, 4) is 5.75 Å². The van der Waals surface area contributed by atoms with Gasteiger partial charge in [0.15, 0.2) is 0 Å². The Morgan fingerprint density at radius 2 is 1.95 bits per heavy atom. The highest BCUT2D eigenvalue weighted by Gasteiger charge is 2.15. The van der Waals surface area contributed by atoms with Gasteiger partial charge in [-0.15, -0.1) is 0 Å². The van der Waals surface area contributed by atoms with Crippen LogP contribution in [0.25, 0.3) is 10.8 Å². The summed E-state index contributed by atoms with van der Waals surface area (Å²) in [5.41, 5.74) is 2.67. The molecule has 1 N–H and O–H groups in total. The Kier molecular flexibility index (Phi) is 3.74. The second-order valence-corrected chi connectivity index (χ2v) is 4.67. The van der Waals surface area contributed by atoms with E-state index in [1.54, 1.807) is 6.92 Å². The van der Waals surface area contributed by atoms with Crippen LogP contribution in [0.3, 0.4) is 0 Å². The molecule has 0 unspecified atom stereocenters. The average Bonchev–Trinajstić information content (AvgIpc) is 2.36. The highest BCUT2D eigenvalue weighted by Crippen LogP contribution is 2.33. The summed E-state index contributed by atoms with van der Waals surface area (Å²) >= 11 is 0. The lowest BCUT2D eigenvalue weighted by molar-refractivity contribution is -0.142. The molecule has 0 saturated heterocycles. The summed E-state index contributed by atoms with van der Waals surface area (Å²) in [6, 6.07) is 7.79. The number of rotatable bonds is 3. The largest absolute Gasteiger partial charge is 0.507 e. The fourth-order valence-corrected chi connectivity index (χ4v) is 2.31. The molecule has 0 atom stereocenters. The molecular formula is C16H18O3. The summed E-state index contributed by atoms with van der Waals surface area (Å²) in [5.74, 6) is -0.125. The van der Waals surface area contributed by atoms with Crippen LogP contribution >= 0.6 is 0 Å². The number of hydrogen-bond donors (Lipinski definition) is 1. The Balaban J connectivity index is 2.54. The molecule has 0 radical (unpaired) electrons. The highest BCUT2D eigenvalue weighted by molar-refractivity contribution is 5.93. The maximum atomic E-state index is 11.6. The molecule has 3 nitrogen and oxygen atoms in total. The van der Waals surface area contributed by atoms with Crippen molar-refractivity contribution >= 4 is 16.7 Å². The number of carbonyl (C=O) groups excluding carboxylic acids is 1. The first-order chi connectivity index (χ1) is 9.04. The predicted octanol–water partition coefficient (Wildman–Crippen LogP) is 3.27. The molecule has 0 fully saturated rings. The average molecular weight is 258 g/mol. The van der Waals surface area contributed by atoms with Gasteiger partial charge in [0.25, 0.3) is 0 Å². The Morgan fingerprint density at radius 3 is 2.63 bits per heavy atom. The second kappa shape index (κ2) is 5.31. The molecule has 0 bridgehead atoms. The van der Waals surface area contributed by atoms with E-state index in [1.807, 2.05) is 38.1 Å². The summed E-state index contributed by atoms with van der Waals surface area (Å²) in [6.07, 6.45) is 0.107. The first-order valence-corrected chi connectivity index (χ1v) is 6.41. The minimum Gasteiger partial charge on any atom is -0.507 e. The number of ether oxygens (including phenoxy) is 1. The van der Waals surface area contributed by atoms with Crippen molar-refractivity contribution in [2.75, 3.05) is 6.61 Å². The van der Waals surface area contributed by atoms with E-state index in [0.29, 0.717) is 12.2 Å². The number of benzene rings is 2. The van der Waals surface area contributed by atoms with Gasteiger partial charge in [0, 0.05) is 10.9 Å². The Bertz CT molecular complexity index is 629. The number of phenols is 1. The van der Waals surface area contributed by atoms with Gasteiger partial charge in [0.1, 0.15) is 5.75 Å². The molecule has 0 aromatic heterocycles. The van der Waals surface area contributed by atoms with Crippen molar-refractivity contribution < 1.29 is 14.6 Å². The first kappa shape index (κ1) is 13.4. The molecule has 3 heteroatoms. The minimum atomic E-state index is -0.312. The summed E-state index contributed by atoms with van der Waals surface area (Å²) in [5, 5.41) is 12.2. The number of aromatic hydroxyl groups is 1. The van der Waals surface area contributed by atoms with E-state index < -0.39 is 0 Å². The first-order valence-electron chi connectivity index (χ1n) is 6.41. The molecule has 2 aromatic rings. The molecule has 0 aliphatic heterocycles. The third-order valence-electron chi connectivity index (χ3n) is 3.33. The number of carbonyl (C=O) groups is 1. The summed E-state index contributed by atoms with van der Waals surface area (Å²) < 4.78 is 4.94. The Morgan fingerprint density at radius 1 is 1.21 bits per heavy atom. The number of phenolic OH excluding ortho intramolecular Hbond substituents is 1. The van der Waals surface area contributed by atoms with Gasteiger partial charge in [-0.3, -0.25) is 4.79 Å². The molecule has 0 saturated carbocycles. The van der Waals surface area contributed by atoms with Gasteiger partial charge in [0.05, 0.1) is 13.0 Å². The van der Waals surface area contributed by atoms with Crippen LogP contribution in [-0.4, -0.2) is 17.7 Å². The molecule has 0 aliphatic carbocycles. The third kappa shape index (κ3) is 2.55. The van der Waals surface area contributed by atoms with Gasteiger partial charge in [-0.2, -0.15) is 0 Å². The molecule has 0 spiro atoms. The summed E-state index contributed by atoms with van der Waals surface area (Å²) in [6.45, 7) is 6.03. The fraction of sp³-hybridized carbons (Fsp3) is 0.312. The van der Waals surface area contributed by atoms with Gasteiger partial charge in [0.2, 0.25) is 0 Å². The van der Waals surface area contributed by atoms with Gasteiger partial charge >= 0.3 is 5.97 Å². The zero-order chi connectivity index (χ0) is 14.0. The molecule has 19 heavy (non-hydrogen) atoms. The number of hydrogen-bond acceptors (Lipinski definition) is 3. The number of fused-ring (bicyclic) bond motifs is 1. The van der Waals surface area contributed by atoms with E-state index in [-0.39, 0.29) is 18.1 Å². The van der Waals surface area contributed by atoms with E-state index >= 15 is 0 Å². The molecule has 2 aromatic carbocycles. The van der Waals surface area contributed by atoms with Gasteiger partial charge in [-0.25, -0.2) is 0 Å². The van der Waals surface area contributed by atoms with Crippen molar-refractivity contribution in [3.05, 3.63) is 41.0 Å². The quantitative estimate of drug-likeness (QED) is 0.859. The third-order valence-corrected chi connectivity index (χ3v) is 3.33. The second-order valence-electron chi connectivity index (χ2n) is 4.67. The Hall–Kier alpha value is -2.03. The van der Waals surface area contributed by atoms with Crippen LogP contribution in [0.4, 0.5) is 0 Å². The normalized spacial score (nSPS) is 10.7. The van der Waals surface area contributed by atoms with E-state index in [0.717, 1.165) is 21.9 Å². The number of esters is 1. The molecule has 0 aliphatic rings. The van der Waals surface area contributed by atoms with E-state index in [1.165, 1.54) is 0 Å². The lowest BCUT2D eigenvalue weighted by Crippen LogP contribution is -2.09. The van der Waals surface area contributed by atoms with E-state index in [9.17, 15) is 9.90 Å². The van der Waals surface area contributed by atoms with Crippen LogP contribution in [0, 0.1) is 13.8 Å². The zero-order valence-corrected chi connectivity index (χ0v) is 11.5. The summed E-state index contributed by atoms with van der Waals surface area (Å²) in [7, 11) is 0.